The van der Waals surface area contributed by atoms with E-state index in [9.17, 15) is 4.79 Å². The Balaban J connectivity index is 2.15. The molecule has 6 heteroatoms. The molecule has 1 aromatic carbocycles. The number of nitrogens with one attached hydrogen (secondary N) is 2. The quantitative estimate of drug-likeness (QED) is 0.894. The number of aryl methyl sites for hydroxylation is 2. The number of amides is 1. The summed E-state index contributed by atoms with van der Waals surface area (Å²) in [5.74, 6) is 0.432. The molecule has 0 spiro atoms. The van der Waals surface area contributed by atoms with Crippen LogP contribution in [0.25, 0.3) is 0 Å². The van der Waals surface area contributed by atoms with Crippen molar-refractivity contribution in [2.45, 2.75) is 13.8 Å². The van der Waals surface area contributed by atoms with Gasteiger partial charge in [-0.25, -0.2) is 4.98 Å². The van der Waals surface area contributed by atoms with Crippen LogP contribution >= 0.6 is 15.9 Å². The Morgan fingerprint density at radius 2 is 2.18 bits per heavy atom. The number of carbonyl (C=O) groups is 1. The van der Waals surface area contributed by atoms with Crippen LogP contribution < -0.4 is 5.32 Å². The molecule has 1 aromatic heterocycles. The van der Waals surface area contributed by atoms with Crippen LogP contribution in [0, 0.1) is 13.8 Å². The second kappa shape index (κ2) is 4.67. The molecule has 0 saturated carbocycles. The fourth-order valence-electron chi connectivity index (χ4n) is 1.35. The number of anilines is 1. The molecule has 0 radical (unpaired) electrons. The number of benzene rings is 1. The molecule has 0 aliphatic rings. The molecular formula is C11H11BrN4O. The maximum absolute atomic E-state index is 11.8. The first-order valence-corrected chi connectivity index (χ1v) is 5.82. The molecule has 5 nitrogen and oxygen atoms in total. The van der Waals surface area contributed by atoms with Crippen molar-refractivity contribution in [2.24, 2.45) is 0 Å². The molecule has 2 aromatic rings. The third-order valence-corrected chi connectivity index (χ3v) is 3.11. The minimum atomic E-state index is -0.323. The summed E-state index contributed by atoms with van der Waals surface area (Å²) in [7, 11) is 0. The van der Waals surface area contributed by atoms with Gasteiger partial charge >= 0.3 is 0 Å². The Bertz CT molecular complexity index is 564. The highest BCUT2D eigenvalue weighted by Gasteiger charge is 2.11. The van der Waals surface area contributed by atoms with E-state index in [4.69, 9.17) is 0 Å². The van der Waals surface area contributed by atoms with Crippen LogP contribution in [-0.2, 0) is 0 Å². The number of hydrogen-bond acceptors (Lipinski definition) is 3. The number of hydrogen-bond donors (Lipinski definition) is 2. The number of carbonyl (C=O) groups excluding carboxylic acids is 1. The van der Waals surface area contributed by atoms with Crippen LogP contribution in [0.15, 0.2) is 22.7 Å². The summed E-state index contributed by atoms with van der Waals surface area (Å²) >= 11 is 3.40. The van der Waals surface area contributed by atoms with Gasteiger partial charge in [0.15, 0.2) is 0 Å². The molecule has 0 unspecified atom stereocenters. The molecule has 2 N–H and O–H groups in total. The van der Waals surface area contributed by atoms with Crippen LogP contribution in [0.2, 0.25) is 0 Å². The average Bonchev–Trinajstić information content (AvgIpc) is 2.70. The van der Waals surface area contributed by atoms with E-state index in [0.717, 1.165) is 15.7 Å². The summed E-state index contributed by atoms with van der Waals surface area (Å²) in [5, 5.41) is 9.16. The van der Waals surface area contributed by atoms with Gasteiger partial charge in [0.05, 0.1) is 0 Å². The molecule has 0 bridgehead atoms. The van der Waals surface area contributed by atoms with Crippen molar-refractivity contribution in [2.75, 3.05) is 5.32 Å². The molecule has 0 saturated heterocycles. The Morgan fingerprint density at radius 3 is 2.76 bits per heavy atom. The predicted molar refractivity (Wildman–Crippen MR) is 68.0 cm³/mol. The van der Waals surface area contributed by atoms with Crippen molar-refractivity contribution in [3.8, 4) is 0 Å². The maximum atomic E-state index is 11.8. The zero-order valence-electron chi connectivity index (χ0n) is 9.41. The second-order valence-electron chi connectivity index (χ2n) is 3.66. The largest absolute Gasteiger partial charge is 0.319 e. The van der Waals surface area contributed by atoms with Gasteiger partial charge in [0.2, 0.25) is 5.82 Å². The minimum Gasteiger partial charge on any atom is -0.319 e. The van der Waals surface area contributed by atoms with Crippen LogP contribution in [0.1, 0.15) is 22.0 Å². The first-order chi connectivity index (χ1) is 8.06. The van der Waals surface area contributed by atoms with E-state index < -0.39 is 0 Å². The lowest BCUT2D eigenvalue weighted by Gasteiger charge is -2.04. The van der Waals surface area contributed by atoms with E-state index in [-0.39, 0.29) is 11.7 Å². The highest BCUT2D eigenvalue weighted by molar-refractivity contribution is 9.10. The zero-order chi connectivity index (χ0) is 12.4. The van der Waals surface area contributed by atoms with Gasteiger partial charge in [-0.1, -0.05) is 15.9 Å². The van der Waals surface area contributed by atoms with Crippen molar-refractivity contribution in [1.29, 1.82) is 0 Å². The van der Waals surface area contributed by atoms with Crippen molar-refractivity contribution in [3.05, 3.63) is 39.9 Å². The zero-order valence-corrected chi connectivity index (χ0v) is 11.0. The van der Waals surface area contributed by atoms with Crippen molar-refractivity contribution >= 4 is 27.5 Å². The third-order valence-electron chi connectivity index (χ3n) is 2.22. The second-order valence-corrected chi connectivity index (χ2v) is 4.52. The van der Waals surface area contributed by atoms with E-state index >= 15 is 0 Å². The molecule has 0 atom stereocenters. The van der Waals surface area contributed by atoms with Gasteiger partial charge in [-0.2, -0.15) is 0 Å². The fraction of sp³-hybridized carbons (Fsp3) is 0.182. The van der Waals surface area contributed by atoms with Gasteiger partial charge in [0.25, 0.3) is 5.91 Å². The van der Waals surface area contributed by atoms with Crippen LogP contribution in [-0.4, -0.2) is 21.1 Å². The van der Waals surface area contributed by atoms with E-state index in [0.29, 0.717) is 5.82 Å². The monoisotopic (exact) mass is 294 g/mol. The Hall–Kier alpha value is -1.69. The van der Waals surface area contributed by atoms with Crippen LogP contribution in [0.5, 0.6) is 0 Å². The van der Waals surface area contributed by atoms with Crippen molar-refractivity contribution in [3.63, 3.8) is 0 Å². The molecule has 2 rings (SSSR count). The van der Waals surface area contributed by atoms with E-state index in [1.165, 1.54) is 0 Å². The third kappa shape index (κ3) is 2.71. The van der Waals surface area contributed by atoms with Crippen LogP contribution in [0.3, 0.4) is 0 Å². The fourth-order valence-corrected chi connectivity index (χ4v) is 1.60. The number of aromatic nitrogens is 3. The summed E-state index contributed by atoms with van der Waals surface area (Å²) < 4.78 is 1.00. The van der Waals surface area contributed by atoms with E-state index in [2.05, 4.69) is 36.4 Å². The first-order valence-electron chi connectivity index (χ1n) is 5.03. The Kier molecular flexibility index (Phi) is 3.23. The van der Waals surface area contributed by atoms with Crippen molar-refractivity contribution < 1.29 is 4.79 Å². The molecule has 1 amide bonds. The van der Waals surface area contributed by atoms with Gasteiger partial charge in [0, 0.05) is 10.2 Å². The van der Waals surface area contributed by atoms with E-state index in [1.54, 1.807) is 6.92 Å². The van der Waals surface area contributed by atoms with Gasteiger partial charge in [0.1, 0.15) is 5.82 Å². The SMILES string of the molecule is Cc1nc(C(=O)Nc2ccc(Br)c(C)c2)n[nH]1. The molecule has 17 heavy (non-hydrogen) atoms. The summed E-state index contributed by atoms with van der Waals surface area (Å²) in [6, 6.07) is 5.57. The standard InChI is InChI=1S/C11H11BrN4O/c1-6-5-8(3-4-9(6)12)14-11(17)10-13-7(2)15-16-10/h3-5H,1-2H3,(H,14,17)(H,13,15,16). The minimum absolute atomic E-state index is 0.142. The number of halogens is 1. The Labute approximate surface area is 107 Å². The van der Waals surface area contributed by atoms with Crippen molar-refractivity contribution in [1.82, 2.24) is 15.2 Å². The van der Waals surface area contributed by atoms with Crippen LogP contribution in [0.4, 0.5) is 5.69 Å². The molecule has 0 aliphatic heterocycles. The topological polar surface area (TPSA) is 70.7 Å². The van der Waals surface area contributed by atoms with E-state index in [1.807, 2.05) is 25.1 Å². The smallest absolute Gasteiger partial charge is 0.295 e. The molecule has 0 aliphatic carbocycles. The molecule has 0 fully saturated rings. The lowest BCUT2D eigenvalue weighted by atomic mass is 10.2. The summed E-state index contributed by atoms with van der Waals surface area (Å²) in [4.78, 5) is 15.7. The average molecular weight is 295 g/mol. The van der Waals surface area contributed by atoms with Gasteiger partial charge in [-0.15, -0.1) is 5.10 Å². The van der Waals surface area contributed by atoms with Gasteiger partial charge in [-0.05, 0) is 37.6 Å². The number of H-pyrrole nitrogens is 1. The molecular weight excluding hydrogens is 284 g/mol. The normalized spacial score (nSPS) is 10.3. The highest BCUT2D eigenvalue weighted by Crippen LogP contribution is 2.20. The lowest BCUT2D eigenvalue weighted by molar-refractivity contribution is 0.101. The summed E-state index contributed by atoms with van der Waals surface area (Å²) in [6.07, 6.45) is 0. The number of aromatic amines is 1. The maximum Gasteiger partial charge on any atom is 0.295 e. The number of rotatable bonds is 2. The summed E-state index contributed by atoms with van der Waals surface area (Å²) in [6.45, 7) is 3.70. The molecule has 1 heterocycles. The highest BCUT2D eigenvalue weighted by atomic mass is 79.9. The molecule has 88 valence electrons. The van der Waals surface area contributed by atoms with Gasteiger partial charge < -0.3 is 5.32 Å². The summed E-state index contributed by atoms with van der Waals surface area (Å²) in [5.41, 5.74) is 1.77. The Morgan fingerprint density at radius 1 is 1.41 bits per heavy atom. The number of nitrogens with zero attached hydrogens (tertiary/aromatic N) is 2. The predicted octanol–water partition coefficient (Wildman–Crippen LogP) is 2.44. The first kappa shape index (κ1) is 11.8. The lowest BCUT2D eigenvalue weighted by Crippen LogP contribution is -2.13. The van der Waals surface area contributed by atoms with Gasteiger partial charge in [-0.3, -0.25) is 9.89 Å².